The third kappa shape index (κ3) is 19.9. The van der Waals surface area contributed by atoms with Crippen LogP contribution in [0.5, 0.6) is 0 Å². The number of hydrogen-bond donors (Lipinski definition) is 3. The summed E-state index contributed by atoms with van der Waals surface area (Å²) in [5.41, 5.74) is 5.52. The van der Waals surface area contributed by atoms with Crippen molar-refractivity contribution in [1.29, 1.82) is 0 Å². The number of carboxylic acid groups (broad SMARTS) is 1. The number of aliphatic carboxylic acids is 1. The maximum Gasteiger partial charge on any atom is 0.331 e. The Bertz CT molecular complexity index is 450. The summed E-state index contributed by atoms with van der Waals surface area (Å²) in [4.78, 5) is 22.9. The smallest absolute Gasteiger partial charge is 0.331 e. The van der Waals surface area contributed by atoms with Crippen molar-refractivity contribution >= 4 is 11.9 Å². The molecule has 30 heavy (non-hydrogen) atoms. The monoisotopic (exact) mass is 424 g/mol. The van der Waals surface area contributed by atoms with E-state index in [0.29, 0.717) is 25.9 Å². The largest absolute Gasteiger partial charge is 0.478 e. The normalized spacial score (nSPS) is 11.6. The predicted molar refractivity (Wildman–Crippen MR) is 127 cm³/mol. The first-order valence-corrected chi connectivity index (χ1v) is 12.5. The predicted octanol–water partition coefficient (Wildman–Crippen LogP) is 6.11. The topological polar surface area (TPSA) is 92.4 Å². The molecule has 0 fully saturated rings. The number of nitrogens with two attached hydrogens (primary N) is 1. The molecule has 0 unspecified atom stereocenters. The maximum atomic E-state index is 11.8. The summed E-state index contributed by atoms with van der Waals surface area (Å²) in [5, 5.41) is 11.9. The minimum atomic E-state index is -1.04. The molecule has 0 saturated carbocycles. The zero-order chi connectivity index (χ0) is 22.3. The van der Waals surface area contributed by atoms with Crippen LogP contribution in [0.4, 0.5) is 0 Å². The molecule has 5 heteroatoms. The molecule has 5 nitrogen and oxygen atoms in total. The van der Waals surface area contributed by atoms with E-state index in [4.69, 9.17) is 10.8 Å². The number of nitrogens with one attached hydrogen (secondary N) is 1. The highest BCUT2D eigenvalue weighted by atomic mass is 16.4. The van der Waals surface area contributed by atoms with Gasteiger partial charge in [0.05, 0.1) is 0 Å². The highest BCUT2D eigenvalue weighted by molar-refractivity contribution is 5.97. The van der Waals surface area contributed by atoms with Crippen LogP contribution in [-0.4, -0.2) is 30.1 Å². The van der Waals surface area contributed by atoms with Gasteiger partial charge >= 0.3 is 5.97 Å². The Morgan fingerprint density at radius 1 is 0.733 bits per heavy atom. The van der Waals surface area contributed by atoms with Gasteiger partial charge in [-0.05, 0) is 25.8 Å². The number of amides is 1. The molecule has 0 radical (unpaired) electrons. The Kier molecular flexibility index (Phi) is 21.3. The molecule has 0 spiro atoms. The third-order valence-electron chi connectivity index (χ3n) is 5.56. The number of unbranched alkanes of at least 4 members (excludes halogenated alkanes) is 15. The van der Waals surface area contributed by atoms with Crippen LogP contribution >= 0.6 is 0 Å². The van der Waals surface area contributed by atoms with Gasteiger partial charge in [0.25, 0.3) is 0 Å². The van der Waals surface area contributed by atoms with E-state index in [1.165, 1.54) is 96.0 Å². The fourth-order valence-electron chi connectivity index (χ4n) is 3.63. The first kappa shape index (κ1) is 28.6. The molecule has 0 aromatic carbocycles. The molecule has 0 aliphatic rings. The van der Waals surface area contributed by atoms with Crippen LogP contribution in [0, 0.1) is 0 Å². The van der Waals surface area contributed by atoms with Crippen molar-refractivity contribution in [2.75, 3.05) is 13.1 Å². The molecule has 0 heterocycles. The van der Waals surface area contributed by atoms with Gasteiger partial charge in [0.2, 0.25) is 5.91 Å². The zero-order valence-corrected chi connectivity index (χ0v) is 19.6. The van der Waals surface area contributed by atoms with Gasteiger partial charge in [-0.15, -0.1) is 0 Å². The standard InChI is InChI=1S/C25H48N2O3/c1-2-3-4-5-6-7-8-9-10-11-12-13-14-15-16-17-21-27-24(28)22-23(25(29)30)19-18-20-26/h22H,2-21,26H2,1H3,(H,27,28)(H,29,30)/b23-22-. The lowest BCUT2D eigenvalue weighted by molar-refractivity contribution is -0.133. The molecule has 0 rings (SSSR count). The SMILES string of the molecule is CCCCCCCCCCCCCCCCCCNC(=O)/C=C(/CCCN)C(=O)O. The number of hydrogen-bond acceptors (Lipinski definition) is 3. The lowest BCUT2D eigenvalue weighted by Gasteiger charge is -2.05. The van der Waals surface area contributed by atoms with Crippen molar-refractivity contribution in [1.82, 2.24) is 5.32 Å². The van der Waals surface area contributed by atoms with Crippen LogP contribution in [0.25, 0.3) is 0 Å². The number of carboxylic acids is 1. The molecular weight excluding hydrogens is 376 g/mol. The molecule has 0 bridgehead atoms. The molecule has 0 aromatic heterocycles. The van der Waals surface area contributed by atoms with Gasteiger partial charge in [0.15, 0.2) is 0 Å². The summed E-state index contributed by atoms with van der Waals surface area (Å²) in [7, 11) is 0. The van der Waals surface area contributed by atoms with Gasteiger partial charge < -0.3 is 16.2 Å². The van der Waals surface area contributed by atoms with Gasteiger partial charge in [-0.1, -0.05) is 103 Å². The highest BCUT2D eigenvalue weighted by Crippen LogP contribution is 2.13. The van der Waals surface area contributed by atoms with Gasteiger partial charge in [-0.25, -0.2) is 4.79 Å². The minimum Gasteiger partial charge on any atom is -0.478 e. The number of carbonyl (C=O) groups excluding carboxylic acids is 1. The van der Waals surface area contributed by atoms with Crippen LogP contribution in [0.1, 0.15) is 122 Å². The van der Waals surface area contributed by atoms with Crippen LogP contribution in [-0.2, 0) is 9.59 Å². The summed E-state index contributed by atoms with van der Waals surface area (Å²) >= 11 is 0. The van der Waals surface area contributed by atoms with Crippen LogP contribution < -0.4 is 11.1 Å². The van der Waals surface area contributed by atoms with Crippen molar-refractivity contribution in [3.8, 4) is 0 Å². The number of carbonyl (C=O) groups is 2. The Morgan fingerprint density at radius 3 is 1.57 bits per heavy atom. The molecular formula is C25H48N2O3. The van der Waals surface area contributed by atoms with Crippen molar-refractivity contribution in [3.63, 3.8) is 0 Å². The Labute approximate surface area is 185 Å². The van der Waals surface area contributed by atoms with Crippen molar-refractivity contribution < 1.29 is 14.7 Å². The zero-order valence-electron chi connectivity index (χ0n) is 19.6. The Morgan fingerprint density at radius 2 is 1.17 bits per heavy atom. The van der Waals surface area contributed by atoms with Crippen molar-refractivity contribution in [2.45, 2.75) is 122 Å². The van der Waals surface area contributed by atoms with Crippen LogP contribution in [0.3, 0.4) is 0 Å². The lowest BCUT2D eigenvalue weighted by Crippen LogP contribution is -2.23. The molecule has 0 aromatic rings. The summed E-state index contributed by atoms with van der Waals surface area (Å²) in [6.45, 7) is 3.30. The molecule has 0 aliphatic carbocycles. The van der Waals surface area contributed by atoms with Crippen molar-refractivity contribution in [3.05, 3.63) is 11.6 Å². The Hall–Kier alpha value is -1.36. The van der Waals surface area contributed by atoms with Crippen LogP contribution in [0.2, 0.25) is 0 Å². The van der Waals surface area contributed by atoms with E-state index in [9.17, 15) is 9.59 Å². The van der Waals surface area contributed by atoms with E-state index in [1.807, 2.05) is 0 Å². The first-order chi connectivity index (χ1) is 14.6. The average Bonchev–Trinajstić information content (AvgIpc) is 2.73. The second-order valence-corrected chi connectivity index (χ2v) is 8.46. The maximum absolute atomic E-state index is 11.8. The summed E-state index contributed by atoms with van der Waals surface area (Å²) < 4.78 is 0. The van der Waals surface area contributed by atoms with E-state index < -0.39 is 5.97 Å². The van der Waals surface area contributed by atoms with E-state index >= 15 is 0 Å². The molecule has 0 atom stereocenters. The lowest BCUT2D eigenvalue weighted by atomic mass is 10.0. The molecule has 0 aliphatic heterocycles. The summed E-state index contributed by atoms with van der Waals surface area (Å²) in [6.07, 6.45) is 23.3. The molecule has 0 saturated heterocycles. The summed E-state index contributed by atoms with van der Waals surface area (Å²) in [5.74, 6) is -1.36. The second kappa shape index (κ2) is 22.3. The molecule has 4 N–H and O–H groups in total. The molecule has 176 valence electrons. The van der Waals surface area contributed by atoms with Gasteiger partial charge in [0, 0.05) is 18.2 Å². The van der Waals surface area contributed by atoms with Crippen molar-refractivity contribution in [2.24, 2.45) is 5.73 Å². The fraction of sp³-hybridized carbons (Fsp3) is 0.840. The third-order valence-corrected chi connectivity index (χ3v) is 5.56. The van der Waals surface area contributed by atoms with E-state index in [-0.39, 0.29) is 11.5 Å². The summed E-state index contributed by atoms with van der Waals surface area (Å²) in [6, 6.07) is 0. The van der Waals surface area contributed by atoms with Gasteiger partial charge in [-0.3, -0.25) is 4.79 Å². The Balaban J connectivity index is 3.41. The van der Waals surface area contributed by atoms with E-state index in [1.54, 1.807) is 0 Å². The highest BCUT2D eigenvalue weighted by Gasteiger charge is 2.09. The average molecular weight is 425 g/mol. The van der Waals surface area contributed by atoms with Crippen LogP contribution in [0.15, 0.2) is 11.6 Å². The first-order valence-electron chi connectivity index (χ1n) is 12.5. The van der Waals surface area contributed by atoms with Gasteiger partial charge in [0.1, 0.15) is 0 Å². The minimum absolute atomic E-state index is 0.130. The van der Waals surface area contributed by atoms with E-state index in [2.05, 4.69) is 12.2 Å². The number of rotatable bonds is 22. The van der Waals surface area contributed by atoms with Gasteiger partial charge in [-0.2, -0.15) is 0 Å². The molecule has 1 amide bonds. The quantitative estimate of drug-likeness (QED) is 0.144. The second-order valence-electron chi connectivity index (χ2n) is 8.46. The fourth-order valence-corrected chi connectivity index (χ4v) is 3.63. The van der Waals surface area contributed by atoms with E-state index in [0.717, 1.165) is 12.8 Å².